The summed E-state index contributed by atoms with van der Waals surface area (Å²) in [6.45, 7) is 5.17. The second-order valence-corrected chi connectivity index (χ2v) is 8.29. The predicted octanol–water partition coefficient (Wildman–Crippen LogP) is 3.18. The Hall–Kier alpha value is -2.13. The van der Waals surface area contributed by atoms with Crippen LogP contribution in [0.4, 0.5) is 17.1 Å². The Morgan fingerprint density at radius 2 is 1.79 bits per heavy atom. The summed E-state index contributed by atoms with van der Waals surface area (Å²) in [6, 6.07) is 13.2. The monoisotopic (exact) mass is 491 g/mol. The molecular weight excluding hydrogens is 469 g/mol. The molecular formula is C21H22IN3O3. The van der Waals surface area contributed by atoms with Crippen molar-refractivity contribution in [1.29, 1.82) is 0 Å². The Labute approximate surface area is 178 Å². The molecule has 1 N–H and O–H groups in total. The highest BCUT2D eigenvalue weighted by Gasteiger charge is 2.40. The Balaban J connectivity index is 1.46. The van der Waals surface area contributed by atoms with Crippen LogP contribution in [-0.4, -0.2) is 44.2 Å². The van der Waals surface area contributed by atoms with Gasteiger partial charge >= 0.3 is 0 Å². The van der Waals surface area contributed by atoms with E-state index in [-0.39, 0.29) is 18.2 Å². The Bertz CT molecular complexity index is 894. The van der Waals surface area contributed by atoms with Crippen LogP contribution in [0.5, 0.6) is 0 Å². The third kappa shape index (κ3) is 3.86. The van der Waals surface area contributed by atoms with Crippen LogP contribution in [0, 0.1) is 10.5 Å². The molecule has 2 amide bonds. The van der Waals surface area contributed by atoms with Crippen molar-refractivity contribution in [3.05, 3.63) is 51.6 Å². The average Bonchev–Trinajstić information content (AvgIpc) is 2.97. The lowest BCUT2D eigenvalue weighted by atomic mass is 10.2. The van der Waals surface area contributed by atoms with Crippen molar-refractivity contribution < 1.29 is 14.3 Å². The van der Waals surface area contributed by atoms with E-state index < -0.39 is 6.04 Å². The summed E-state index contributed by atoms with van der Waals surface area (Å²) in [5, 5.41) is 3.23. The van der Waals surface area contributed by atoms with Crippen LogP contribution in [-0.2, 0) is 14.3 Å². The fourth-order valence-electron chi connectivity index (χ4n) is 3.66. The number of nitrogens with zero attached hydrogens (tertiary/aromatic N) is 2. The zero-order valence-electron chi connectivity index (χ0n) is 15.7. The second kappa shape index (κ2) is 8.08. The number of anilines is 3. The molecule has 0 aliphatic carbocycles. The van der Waals surface area contributed by atoms with Crippen molar-refractivity contribution in [1.82, 2.24) is 0 Å². The van der Waals surface area contributed by atoms with E-state index in [1.807, 2.05) is 49.4 Å². The standard InChI is InChI=1S/C21H22IN3O3/c1-14-12-15(22)2-7-19(14)25-20(26)13-18(21(25)27)23-16-3-5-17(6-4-16)24-8-10-28-11-9-24/h2-7,12,18,23H,8-11,13H2,1H3/t18-/m0/s1. The number of morpholine rings is 1. The number of hydrogen-bond acceptors (Lipinski definition) is 5. The van der Waals surface area contributed by atoms with Crippen LogP contribution >= 0.6 is 22.6 Å². The number of rotatable bonds is 4. The highest BCUT2D eigenvalue weighted by Crippen LogP contribution is 2.29. The molecule has 7 heteroatoms. The lowest BCUT2D eigenvalue weighted by Crippen LogP contribution is -2.36. The first-order valence-electron chi connectivity index (χ1n) is 9.35. The van der Waals surface area contributed by atoms with Gasteiger partial charge in [-0.3, -0.25) is 9.59 Å². The van der Waals surface area contributed by atoms with E-state index in [4.69, 9.17) is 4.74 Å². The molecule has 2 aliphatic rings. The van der Waals surface area contributed by atoms with Gasteiger partial charge in [0.2, 0.25) is 5.91 Å². The quantitative estimate of drug-likeness (QED) is 0.526. The molecule has 0 saturated carbocycles. The lowest BCUT2D eigenvalue weighted by molar-refractivity contribution is -0.121. The molecule has 0 spiro atoms. The Morgan fingerprint density at radius 1 is 1.07 bits per heavy atom. The number of amides is 2. The fourth-order valence-corrected chi connectivity index (χ4v) is 4.31. The van der Waals surface area contributed by atoms with Gasteiger partial charge in [0, 0.05) is 28.0 Å². The molecule has 2 heterocycles. The van der Waals surface area contributed by atoms with Gasteiger partial charge in [-0.15, -0.1) is 0 Å². The van der Waals surface area contributed by atoms with Crippen molar-refractivity contribution in [3.8, 4) is 0 Å². The van der Waals surface area contributed by atoms with E-state index in [0.29, 0.717) is 5.69 Å². The summed E-state index contributed by atoms with van der Waals surface area (Å²) in [7, 11) is 0. The van der Waals surface area contributed by atoms with Crippen LogP contribution in [0.2, 0.25) is 0 Å². The molecule has 1 atom stereocenters. The number of carbonyl (C=O) groups is 2. The maximum absolute atomic E-state index is 12.9. The van der Waals surface area contributed by atoms with Crippen LogP contribution in [0.15, 0.2) is 42.5 Å². The number of halogens is 1. The van der Waals surface area contributed by atoms with Crippen molar-refractivity contribution in [2.75, 3.05) is 41.4 Å². The van der Waals surface area contributed by atoms with Gasteiger partial charge in [-0.2, -0.15) is 0 Å². The Morgan fingerprint density at radius 3 is 2.46 bits per heavy atom. The smallest absolute Gasteiger partial charge is 0.256 e. The average molecular weight is 491 g/mol. The molecule has 4 rings (SSSR count). The first-order chi connectivity index (χ1) is 13.5. The second-order valence-electron chi connectivity index (χ2n) is 7.05. The van der Waals surface area contributed by atoms with Gasteiger partial charge in [0.15, 0.2) is 0 Å². The maximum Gasteiger partial charge on any atom is 0.256 e. The van der Waals surface area contributed by atoms with E-state index in [1.54, 1.807) is 0 Å². The number of nitrogens with one attached hydrogen (secondary N) is 1. The van der Waals surface area contributed by atoms with Gasteiger partial charge < -0.3 is 15.0 Å². The molecule has 2 saturated heterocycles. The number of hydrogen-bond donors (Lipinski definition) is 1. The molecule has 0 unspecified atom stereocenters. The van der Waals surface area contributed by atoms with Crippen molar-refractivity contribution in [2.24, 2.45) is 0 Å². The minimum Gasteiger partial charge on any atom is -0.378 e. The first kappa shape index (κ1) is 19.2. The maximum atomic E-state index is 12.9. The van der Waals surface area contributed by atoms with Gasteiger partial charge in [0.25, 0.3) is 5.91 Å². The SMILES string of the molecule is Cc1cc(I)ccc1N1C(=O)C[C@H](Nc2ccc(N3CCOCC3)cc2)C1=O. The molecule has 0 aromatic heterocycles. The number of imide groups is 1. The van der Waals surface area contributed by atoms with Crippen molar-refractivity contribution >= 4 is 51.5 Å². The predicted molar refractivity (Wildman–Crippen MR) is 118 cm³/mol. The first-order valence-corrected chi connectivity index (χ1v) is 10.4. The minimum absolute atomic E-state index is 0.162. The number of carbonyl (C=O) groups excluding carboxylic acids is 2. The van der Waals surface area contributed by atoms with Gasteiger partial charge in [-0.05, 0) is 77.5 Å². The summed E-state index contributed by atoms with van der Waals surface area (Å²) < 4.78 is 6.47. The van der Waals surface area contributed by atoms with E-state index in [9.17, 15) is 9.59 Å². The largest absolute Gasteiger partial charge is 0.378 e. The number of ether oxygens (including phenoxy) is 1. The molecule has 28 heavy (non-hydrogen) atoms. The highest BCUT2D eigenvalue weighted by atomic mass is 127. The molecule has 2 aliphatic heterocycles. The van der Waals surface area contributed by atoms with E-state index in [2.05, 4.69) is 32.8 Å². The molecule has 0 radical (unpaired) electrons. The van der Waals surface area contributed by atoms with Gasteiger partial charge in [-0.25, -0.2) is 4.90 Å². The van der Waals surface area contributed by atoms with Gasteiger partial charge in [-0.1, -0.05) is 0 Å². The zero-order chi connectivity index (χ0) is 19.7. The summed E-state index contributed by atoms with van der Waals surface area (Å²) >= 11 is 2.22. The number of aryl methyl sites for hydroxylation is 1. The van der Waals surface area contributed by atoms with Crippen LogP contribution in [0.25, 0.3) is 0 Å². The molecule has 6 nitrogen and oxygen atoms in total. The summed E-state index contributed by atoms with van der Waals surface area (Å²) in [5.41, 5.74) is 3.56. The third-order valence-corrected chi connectivity index (χ3v) is 5.80. The Kier molecular flexibility index (Phi) is 5.54. The summed E-state index contributed by atoms with van der Waals surface area (Å²) in [4.78, 5) is 29.0. The highest BCUT2D eigenvalue weighted by molar-refractivity contribution is 14.1. The lowest BCUT2D eigenvalue weighted by Gasteiger charge is -2.29. The molecule has 146 valence electrons. The van der Waals surface area contributed by atoms with Crippen LogP contribution in [0.1, 0.15) is 12.0 Å². The van der Waals surface area contributed by atoms with Gasteiger partial charge in [0.1, 0.15) is 6.04 Å². The third-order valence-electron chi connectivity index (χ3n) is 5.13. The zero-order valence-corrected chi connectivity index (χ0v) is 17.8. The van der Waals surface area contributed by atoms with Crippen molar-refractivity contribution in [2.45, 2.75) is 19.4 Å². The van der Waals surface area contributed by atoms with E-state index in [1.165, 1.54) is 4.90 Å². The molecule has 2 fully saturated rings. The molecule has 2 aromatic rings. The van der Waals surface area contributed by atoms with Crippen LogP contribution in [0.3, 0.4) is 0 Å². The van der Waals surface area contributed by atoms with Gasteiger partial charge in [0.05, 0.1) is 25.3 Å². The number of benzene rings is 2. The molecule has 0 bridgehead atoms. The summed E-state index contributed by atoms with van der Waals surface area (Å²) in [5.74, 6) is -0.372. The normalized spacial score (nSPS) is 20.0. The summed E-state index contributed by atoms with van der Waals surface area (Å²) in [6.07, 6.45) is 0.162. The topological polar surface area (TPSA) is 61.9 Å². The van der Waals surface area contributed by atoms with Crippen molar-refractivity contribution in [3.63, 3.8) is 0 Å². The minimum atomic E-state index is -0.541. The molecule has 2 aromatic carbocycles. The van der Waals surface area contributed by atoms with Crippen LogP contribution < -0.4 is 15.1 Å². The van der Waals surface area contributed by atoms with E-state index >= 15 is 0 Å². The fraction of sp³-hybridized carbons (Fsp3) is 0.333. The van der Waals surface area contributed by atoms with E-state index in [0.717, 1.165) is 46.8 Å².